The summed E-state index contributed by atoms with van der Waals surface area (Å²) in [4.78, 5) is 0. The third-order valence-electron chi connectivity index (χ3n) is 1.21. The van der Waals surface area contributed by atoms with Crippen molar-refractivity contribution >= 4 is 0 Å². The van der Waals surface area contributed by atoms with Gasteiger partial charge in [-0.15, -0.1) is 6.58 Å². The van der Waals surface area contributed by atoms with Gasteiger partial charge < -0.3 is 9.84 Å². The first-order valence-corrected chi connectivity index (χ1v) is 3.11. The molecule has 0 aromatic heterocycles. The van der Waals surface area contributed by atoms with E-state index in [1.807, 2.05) is 0 Å². The Bertz CT molecular complexity index is 71.3. The average molecular weight is 130 g/mol. The van der Waals surface area contributed by atoms with Crippen LogP contribution in [0.15, 0.2) is 12.7 Å². The molecule has 54 valence electrons. The number of hydrogen-bond acceptors (Lipinski definition) is 2. The monoisotopic (exact) mass is 130 g/mol. The van der Waals surface area contributed by atoms with Crippen molar-refractivity contribution in [3.8, 4) is 0 Å². The van der Waals surface area contributed by atoms with E-state index in [0.29, 0.717) is 0 Å². The minimum Gasteiger partial charge on any atom is -0.396 e. The van der Waals surface area contributed by atoms with Gasteiger partial charge in [0.2, 0.25) is 0 Å². The van der Waals surface area contributed by atoms with Gasteiger partial charge in [0.1, 0.15) is 0 Å². The lowest BCUT2D eigenvalue weighted by Gasteiger charge is -2.07. The number of aliphatic hydroxyl groups is 1. The summed E-state index contributed by atoms with van der Waals surface area (Å²) in [6.07, 6.45) is 3.49. The van der Waals surface area contributed by atoms with Gasteiger partial charge in [-0.2, -0.15) is 0 Å². The van der Waals surface area contributed by atoms with Crippen LogP contribution in [0.5, 0.6) is 0 Å². The molecule has 0 aliphatic carbocycles. The Labute approximate surface area is 56.1 Å². The van der Waals surface area contributed by atoms with E-state index in [1.165, 1.54) is 0 Å². The molecule has 2 heteroatoms. The lowest BCUT2D eigenvalue weighted by Crippen LogP contribution is -2.06. The van der Waals surface area contributed by atoms with Crippen molar-refractivity contribution < 1.29 is 9.84 Å². The maximum atomic E-state index is 8.42. The molecule has 1 atom stereocenters. The van der Waals surface area contributed by atoms with Crippen molar-refractivity contribution in [2.75, 3.05) is 13.7 Å². The second kappa shape index (κ2) is 5.79. The standard InChI is InChI=1S/C7H14O2/c1-3-7(9-2)5-4-6-8/h3,7-8H,1,4-6H2,2H3/t7-/m1/s1. The third kappa shape index (κ3) is 4.18. The molecule has 0 fully saturated rings. The van der Waals surface area contributed by atoms with Crippen LogP contribution in [0, 0.1) is 0 Å². The molecular formula is C7H14O2. The van der Waals surface area contributed by atoms with Gasteiger partial charge in [-0.25, -0.2) is 0 Å². The van der Waals surface area contributed by atoms with E-state index in [4.69, 9.17) is 9.84 Å². The van der Waals surface area contributed by atoms with Crippen LogP contribution in [0.1, 0.15) is 12.8 Å². The van der Waals surface area contributed by atoms with E-state index in [1.54, 1.807) is 13.2 Å². The first kappa shape index (κ1) is 8.66. The second-order valence-electron chi connectivity index (χ2n) is 1.88. The summed E-state index contributed by atoms with van der Waals surface area (Å²) in [6, 6.07) is 0. The molecule has 0 spiro atoms. The van der Waals surface area contributed by atoms with E-state index in [9.17, 15) is 0 Å². The van der Waals surface area contributed by atoms with Crippen LogP contribution in [0.25, 0.3) is 0 Å². The summed E-state index contributed by atoms with van der Waals surface area (Å²) in [6.45, 7) is 3.81. The van der Waals surface area contributed by atoms with Gasteiger partial charge in [-0.05, 0) is 12.8 Å². The Morgan fingerprint density at radius 2 is 2.44 bits per heavy atom. The van der Waals surface area contributed by atoms with Crippen LogP contribution in [-0.2, 0) is 4.74 Å². The van der Waals surface area contributed by atoms with Crippen LogP contribution in [0.2, 0.25) is 0 Å². The molecule has 0 aliphatic heterocycles. The van der Waals surface area contributed by atoms with Crippen molar-refractivity contribution in [2.24, 2.45) is 0 Å². The minimum atomic E-state index is 0.108. The van der Waals surface area contributed by atoms with Gasteiger partial charge in [-0.1, -0.05) is 6.08 Å². The fourth-order valence-corrected chi connectivity index (χ4v) is 0.624. The highest BCUT2D eigenvalue weighted by atomic mass is 16.5. The number of methoxy groups -OCH3 is 1. The van der Waals surface area contributed by atoms with E-state index in [0.717, 1.165) is 12.8 Å². The molecule has 0 aromatic carbocycles. The zero-order chi connectivity index (χ0) is 7.11. The molecule has 0 rings (SSSR count). The Hall–Kier alpha value is -0.340. The third-order valence-corrected chi connectivity index (χ3v) is 1.21. The first-order valence-electron chi connectivity index (χ1n) is 3.11. The normalized spacial score (nSPS) is 13.1. The highest BCUT2D eigenvalue weighted by molar-refractivity contribution is 4.78. The second-order valence-corrected chi connectivity index (χ2v) is 1.88. The van der Waals surface area contributed by atoms with Gasteiger partial charge in [0.15, 0.2) is 0 Å². The predicted molar refractivity (Wildman–Crippen MR) is 37.3 cm³/mol. The molecule has 0 unspecified atom stereocenters. The molecule has 0 saturated heterocycles. The molecule has 1 N–H and O–H groups in total. The van der Waals surface area contributed by atoms with E-state index < -0.39 is 0 Å². The first-order chi connectivity index (χ1) is 4.35. The van der Waals surface area contributed by atoms with E-state index in [2.05, 4.69) is 6.58 Å². The van der Waals surface area contributed by atoms with Crippen molar-refractivity contribution in [3.63, 3.8) is 0 Å². The summed E-state index contributed by atoms with van der Waals surface area (Å²) in [5.41, 5.74) is 0. The minimum absolute atomic E-state index is 0.108. The van der Waals surface area contributed by atoms with Crippen molar-refractivity contribution in [1.29, 1.82) is 0 Å². The molecule has 9 heavy (non-hydrogen) atoms. The van der Waals surface area contributed by atoms with Gasteiger partial charge in [-0.3, -0.25) is 0 Å². The molecule has 0 radical (unpaired) electrons. The van der Waals surface area contributed by atoms with Crippen molar-refractivity contribution in [3.05, 3.63) is 12.7 Å². The molecule has 0 aliphatic rings. The van der Waals surface area contributed by atoms with Crippen LogP contribution in [0.4, 0.5) is 0 Å². The van der Waals surface area contributed by atoms with Crippen molar-refractivity contribution in [2.45, 2.75) is 18.9 Å². The topological polar surface area (TPSA) is 29.5 Å². The van der Waals surface area contributed by atoms with Crippen LogP contribution in [0.3, 0.4) is 0 Å². The maximum Gasteiger partial charge on any atom is 0.0750 e. The van der Waals surface area contributed by atoms with Gasteiger partial charge >= 0.3 is 0 Å². The van der Waals surface area contributed by atoms with Gasteiger partial charge in [0, 0.05) is 13.7 Å². The fraction of sp³-hybridized carbons (Fsp3) is 0.714. The number of ether oxygens (including phenoxy) is 1. The maximum absolute atomic E-state index is 8.42. The smallest absolute Gasteiger partial charge is 0.0750 e. The van der Waals surface area contributed by atoms with Crippen LogP contribution >= 0.6 is 0 Å². The summed E-state index contributed by atoms with van der Waals surface area (Å²) < 4.78 is 4.97. The van der Waals surface area contributed by atoms with Crippen LogP contribution in [-0.4, -0.2) is 24.9 Å². The lowest BCUT2D eigenvalue weighted by atomic mass is 10.2. The molecule has 2 nitrogen and oxygen atoms in total. The predicted octanol–water partition coefficient (Wildman–Crippen LogP) is 0.960. The Balaban J connectivity index is 3.20. The molecular weight excluding hydrogens is 116 g/mol. The number of rotatable bonds is 5. The van der Waals surface area contributed by atoms with Gasteiger partial charge in [0.25, 0.3) is 0 Å². The van der Waals surface area contributed by atoms with E-state index >= 15 is 0 Å². The molecule has 0 heterocycles. The highest BCUT2D eigenvalue weighted by Crippen LogP contribution is 2.00. The summed E-state index contributed by atoms with van der Waals surface area (Å²) >= 11 is 0. The zero-order valence-corrected chi connectivity index (χ0v) is 5.84. The van der Waals surface area contributed by atoms with Crippen molar-refractivity contribution in [1.82, 2.24) is 0 Å². The van der Waals surface area contributed by atoms with Crippen LogP contribution < -0.4 is 0 Å². The lowest BCUT2D eigenvalue weighted by molar-refractivity contribution is 0.124. The Morgan fingerprint density at radius 1 is 1.78 bits per heavy atom. The van der Waals surface area contributed by atoms with Gasteiger partial charge in [0.05, 0.1) is 6.10 Å². The molecule has 0 saturated carbocycles. The Morgan fingerprint density at radius 3 is 2.78 bits per heavy atom. The summed E-state index contributed by atoms with van der Waals surface area (Å²) in [7, 11) is 1.64. The zero-order valence-electron chi connectivity index (χ0n) is 5.84. The number of aliphatic hydroxyl groups excluding tert-OH is 1. The number of hydrogen-bond donors (Lipinski definition) is 1. The largest absolute Gasteiger partial charge is 0.396 e. The SMILES string of the molecule is C=C[C@H](CCCO)OC. The quantitative estimate of drug-likeness (QED) is 0.562. The molecule has 0 amide bonds. The van der Waals surface area contributed by atoms with E-state index in [-0.39, 0.29) is 12.7 Å². The average Bonchev–Trinajstić information content (AvgIpc) is 1.91. The highest BCUT2D eigenvalue weighted by Gasteiger charge is 1.98. The summed E-state index contributed by atoms with van der Waals surface area (Å²) in [5.74, 6) is 0. The molecule has 0 bridgehead atoms. The Kier molecular flexibility index (Phi) is 5.57. The fourth-order valence-electron chi connectivity index (χ4n) is 0.624. The summed E-state index contributed by atoms with van der Waals surface area (Å²) in [5, 5.41) is 8.42. The molecule has 0 aromatic rings.